The lowest BCUT2D eigenvalue weighted by Crippen LogP contribution is -2.14. The van der Waals surface area contributed by atoms with Gasteiger partial charge in [0, 0.05) is 41.0 Å². The highest BCUT2D eigenvalue weighted by molar-refractivity contribution is 6.33. The molecule has 164 valence electrons. The van der Waals surface area contributed by atoms with Crippen LogP contribution in [0, 0.1) is 6.92 Å². The summed E-state index contributed by atoms with van der Waals surface area (Å²) in [6.45, 7) is 5.92. The van der Waals surface area contributed by atoms with Crippen LogP contribution in [0.15, 0.2) is 90.5 Å². The topological polar surface area (TPSA) is 86.9 Å². The van der Waals surface area contributed by atoms with E-state index >= 15 is 0 Å². The van der Waals surface area contributed by atoms with Crippen LogP contribution in [-0.4, -0.2) is 15.9 Å². The highest BCUT2D eigenvalue weighted by atomic mass is 35.5. The molecule has 0 aliphatic heterocycles. The van der Waals surface area contributed by atoms with Crippen LogP contribution in [0.2, 0.25) is 5.02 Å². The van der Waals surface area contributed by atoms with E-state index in [1.54, 1.807) is 36.7 Å². The fourth-order valence-corrected chi connectivity index (χ4v) is 3.58. The first-order chi connectivity index (χ1) is 15.9. The van der Waals surface area contributed by atoms with Crippen molar-refractivity contribution < 1.29 is 4.79 Å². The predicted octanol–water partition coefficient (Wildman–Crippen LogP) is 5.73. The van der Waals surface area contributed by atoms with Gasteiger partial charge in [0.1, 0.15) is 0 Å². The van der Waals surface area contributed by atoms with Gasteiger partial charge in [0.2, 0.25) is 5.56 Å². The van der Waals surface area contributed by atoms with Crippen molar-refractivity contribution in [3.05, 3.63) is 118 Å². The number of aromatic amines is 1. The minimum atomic E-state index is -0.229. The minimum Gasteiger partial charge on any atom is -0.354 e. The summed E-state index contributed by atoms with van der Waals surface area (Å²) in [5, 5.41) is 6.63. The standard InChI is InChI=1S/C26H21ClN4O2/c1-16-13-18(17(2)30-20-8-11-25(32)29-15-20)6-9-21(16)26(33)31-19-7-10-23(27)22(14-19)24-5-3-4-12-28-24/h3-15,30H,2H2,1H3,(H,29,32)(H,31,33). The molecule has 0 bridgehead atoms. The third-order valence-corrected chi connectivity index (χ3v) is 5.39. The van der Waals surface area contributed by atoms with Crippen molar-refractivity contribution in [2.75, 3.05) is 10.6 Å². The zero-order valence-electron chi connectivity index (χ0n) is 17.9. The predicted molar refractivity (Wildman–Crippen MR) is 134 cm³/mol. The molecule has 0 aliphatic rings. The van der Waals surface area contributed by atoms with Gasteiger partial charge < -0.3 is 15.6 Å². The summed E-state index contributed by atoms with van der Waals surface area (Å²) in [6.07, 6.45) is 3.27. The molecule has 0 atom stereocenters. The van der Waals surface area contributed by atoms with E-state index in [9.17, 15) is 9.59 Å². The molecule has 0 unspecified atom stereocenters. The Labute approximate surface area is 196 Å². The summed E-state index contributed by atoms with van der Waals surface area (Å²) in [5.41, 5.74) is 5.46. The van der Waals surface area contributed by atoms with Crippen LogP contribution in [0.3, 0.4) is 0 Å². The van der Waals surface area contributed by atoms with Crippen molar-refractivity contribution in [1.29, 1.82) is 0 Å². The Morgan fingerprint density at radius 3 is 2.52 bits per heavy atom. The lowest BCUT2D eigenvalue weighted by atomic mass is 10.0. The van der Waals surface area contributed by atoms with E-state index in [1.165, 1.54) is 6.07 Å². The molecule has 0 saturated carbocycles. The van der Waals surface area contributed by atoms with Crippen molar-refractivity contribution in [3.63, 3.8) is 0 Å². The van der Waals surface area contributed by atoms with Crippen LogP contribution < -0.4 is 16.2 Å². The normalized spacial score (nSPS) is 10.5. The molecule has 0 aliphatic carbocycles. The number of carbonyl (C=O) groups excluding carboxylic acids is 1. The molecule has 4 aromatic rings. The number of rotatable bonds is 6. The van der Waals surface area contributed by atoms with Gasteiger partial charge >= 0.3 is 0 Å². The Morgan fingerprint density at radius 2 is 1.82 bits per heavy atom. The Bertz CT molecular complexity index is 1380. The fraction of sp³-hybridized carbons (Fsp3) is 0.0385. The highest BCUT2D eigenvalue weighted by Gasteiger charge is 2.13. The minimum absolute atomic E-state index is 0.176. The van der Waals surface area contributed by atoms with Crippen molar-refractivity contribution in [2.45, 2.75) is 6.92 Å². The van der Waals surface area contributed by atoms with Gasteiger partial charge in [0.25, 0.3) is 5.91 Å². The van der Waals surface area contributed by atoms with Crippen molar-refractivity contribution in [3.8, 4) is 11.3 Å². The molecule has 2 aromatic carbocycles. The first kappa shape index (κ1) is 22.0. The number of anilines is 2. The number of hydrogen-bond acceptors (Lipinski definition) is 4. The van der Waals surface area contributed by atoms with E-state index in [4.69, 9.17) is 11.6 Å². The number of nitrogens with one attached hydrogen (secondary N) is 3. The van der Waals surface area contributed by atoms with Crippen LogP contribution in [0.25, 0.3) is 17.0 Å². The molecule has 2 aromatic heterocycles. The molecule has 0 radical (unpaired) electrons. The Hall–Kier alpha value is -4.16. The van der Waals surface area contributed by atoms with Crippen molar-refractivity contribution in [2.24, 2.45) is 0 Å². The molecular formula is C26H21ClN4O2. The van der Waals surface area contributed by atoms with Crippen LogP contribution in [0.1, 0.15) is 21.5 Å². The average Bonchev–Trinajstić information content (AvgIpc) is 2.82. The summed E-state index contributed by atoms with van der Waals surface area (Å²) in [7, 11) is 0. The molecule has 3 N–H and O–H groups in total. The maximum Gasteiger partial charge on any atom is 0.255 e. The fourth-order valence-electron chi connectivity index (χ4n) is 3.36. The monoisotopic (exact) mass is 456 g/mol. The molecule has 4 rings (SSSR count). The van der Waals surface area contributed by atoms with Crippen LogP contribution >= 0.6 is 11.6 Å². The van der Waals surface area contributed by atoms with Crippen LogP contribution in [0.5, 0.6) is 0 Å². The molecule has 33 heavy (non-hydrogen) atoms. The molecule has 6 nitrogen and oxygen atoms in total. The van der Waals surface area contributed by atoms with Gasteiger partial charge in [-0.25, -0.2) is 0 Å². The third kappa shape index (κ3) is 5.19. The van der Waals surface area contributed by atoms with Gasteiger partial charge in [-0.05, 0) is 66.6 Å². The number of aryl methyl sites for hydroxylation is 1. The zero-order chi connectivity index (χ0) is 23.4. The Kier molecular flexibility index (Phi) is 6.38. The van der Waals surface area contributed by atoms with Crippen LogP contribution in [-0.2, 0) is 0 Å². The quantitative estimate of drug-likeness (QED) is 0.345. The van der Waals surface area contributed by atoms with Gasteiger partial charge in [0.05, 0.1) is 16.4 Å². The Balaban J connectivity index is 1.50. The zero-order valence-corrected chi connectivity index (χ0v) is 18.6. The average molecular weight is 457 g/mol. The molecule has 7 heteroatoms. The number of carbonyl (C=O) groups is 1. The van der Waals surface area contributed by atoms with Crippen LogP contribution in [0.4, 0.5) is 11.4 Å². The lowest BCUT2D eigenvalue weighted by Gasteiger charge is -2.13. The van der Waals surface area contributed by atoms with E-state index in [1.807, 2.05) is 43.3 Å². The summed E-state index contributed by atoms with van der Waals surface area (Å²) < 4.78 is 0. The second-order valence-corrected chi connectivity index (χ2v) is 7.85. The first-order valence-corrected chi connectivity index (χ1v) is 10.6. The summed E-state index contributed by atoms with van der Waals surface area (Å²) in [4.78, 5) is 31.1. The number of hydrogen-bond donors (Lipinski definition) is 3. The summed E-state index contributed by atoms with van der Waals surface area (Å²) in [5.74, 6) is -0.229. The molecule has 1 amide bonds. The lowest BCUT2D eigenvalue weighted by molar-refractivity contribution is 0.102. The molecule has 0 saturated heterocycles. The maximum absolute atomic E-state index is 12.9. The number of aromatic nitrogens is 2. The second-order valence-electron chi connectivity index (χ2n) is 7.44. The summed E-state index contributed by atoms with van der Waals surface area (Å²) in [6, 6.07) is 19.5. The van der Waals surface area contributed by atoms with Crippen molar-refractivity contribution in [1.82, 2.24) is 9.97 Å². The Morgan fingerprint density at radius 1 is 1.00 bits per heavy atom. The number of nitrogens with zero attached hydrogens (tertiary/aromatic N) is 1. The van der Waals surface area contributed by atoms with E-state index in [-0.39, 0.29) is 11.5 Å². The van der Waals surface area contributed by atoms with Gasteiger partial charge in [-0.3, -0.25) is 14.6 Å². The van der Waals surface area contributed by atoms with Gasteiger partial charge in [0.15, 0.2) is 0 Å². The third-order valence-electron chi connectivity index (χ3n) is 5.06. The van der Waals surface area contributed by atoms with E-state index < -0.39 is 0 Å². The van der Waals surface area contributed by atoms with Gasteiger partial charge in [-0.1, -0.05) is 30.3 Å². The number of halogens is 1. The maximum atomic E-state index is 12.9. The molecule has 2 heterocycles. The van der Waals surface area contributed by atoms with Gasteiger partial charge in [-0.2, -0.15) is 0 Å². The van der Waals surface area contributed by atoms with Crippen molar-refractivity contribution >= 4 is 34.6 Å². The van der Waals surface area contributed by atoms with E-state index in [0.29, 0.717) is 27.7 Å². The first-order valence-electron chi connectivity index (χ1n) is 10.2. The van der Waals surface area contributed by atoms with E-state index in [2.05, 4.69) is 27.2 Å². The number of benzene rings is 2. The molecular weight excluding hydrogens is 436 g/mol. The largest absolute Gasteiger partial charge is 0.354 e. The number of amides is 1. The van der Waals surface area contributed by atoms with Gasteiger partial charge in [-0.15, -0.1) is 0 Å². The summed E-state index contributed by atoms with van der Waals surface area (Å²) >= 11 is 6.34. The molecule has 0 fully saturated rings. The SMILES string of the molecule is C=C(Nc1ccc(=O)[nH]c1)c1ccc(C(=O)Nc2ccc(Cl)c(-c3ccccn3)c2)c(C)c1. The molecule has 0 spiro atoms. The number of pyridine rings is 2. The van der Waals surface area contributed by atoms with E-state index in [0.717, 1.165) is 22.4 Å². The smallest absolute Gasteiger partial charge is 0.255 e. The number of H-pyrrole nitrogens is 1. The second kappa shape index (κ2) is 9.54. The highest BCUT2D eigenvalue weighted by Crippen LogP contribution is 2.29.